The minimum atomic E-state index is -0.894. The summed E-state index contributed by atoms with van der Waals surface area (Å²) >= 11 is 0. The third kappa shape index (κ3) is 1.26. The molecule has 0 aliphatic rings. The van der Waals surface area contributed by atoms with Crippen molar-refractivity contribution in [2.45, 2.75) is 20.3 Å². The van der Waals surface area contributed by atoms with E-state index in [1.165, 1.54) is 6.92 Å². The second kappa shape index (κ2) is 3.09. The first-order chi connectivity index (χ1) is 5.57. The van der Waals surface area contributed by atoms with Crippen LogP contribution in [0.4, 0.5) is 8.78 Å². The first-order valence-corrected chi connectivity index (χ1v) is 3.74. The number of halogens is 2. The summed E-state index contributed by atoms with van der Waals surface area (Å²) in [6.45, 7) is 3.26. The highest BCUT2D eigenvalue weighted by atomic mass is 19.1. The zero-order valence-electron chi connectivity index (χ0n) is 6.99. The largest absolute Gasteiger partial charge is 0.505 e. The van der Waals surface area contributed by atoms with E-state index < -0.39 is 17.4 Å². The maximum atomic E-state index is 12.9. The molecule has 1 nitrogen and oxygen atoms in total. The van der Waals surface area contributed by atoms with Gasteiger partial charge in [-0.25, -0.2) is 8.78 Å². The third-order valence-corrected chi connectivity index (χ3v) is 1.93. The van der Waals surface area contributed by atoms with Crippen LogP contribution < -0.4 is 0 Å². The Bertz CT molecular complexity index is 282. The van der Waals surface area contributed by atoms with E-state index in [4.69, 9.17) is 5.11 Å². The summed E-state index contributed by atoms with van der Waals surface area (Å²) in [5, 5.41) is 9.16. The lowest BCUT2D eigenvalue weighted by molar-refractivity contribution is 0.420. The fourth-order valence-electron chi connectivity index (χ4n) is 1.19. The normalized spacial score (nSPS) is 10.3. The van der Waals surface area contributed by atoms with Gasteiger partial charge in [-0.15, -0.1) is 0 Å². The average Bonchev–Trinajstić information content (AvgIpc) is 2.02. The van der Waals surface area contributed by atoms with Crippen LogP contribution in [-0.2, 0) is 6.42 Å². The second-order valence-electron chi connectivity index (χ2n) is 2.65. The van der Waals surface area contributed by atoms with Crippen LogP contribution >= 0.6 is 0 Å². The minimum Gasteiger partial charge on any atom is -0.505 e. The lowest BCUT2D eigenvalue weighted by Gasteiger charge is -2.07. The number of phenolic OH excluding ortho intramolecular Hbond substituents is 1. The molecule has 0 amide bonds. The minimum absolute atomic E-state index is 0.316. The van der Waals surface area contributed by atoms with E-state index in [9.17, 15) is 8.78 Å². The molecule has 1 N–H and O–H groups in total. The molecule has 0 aliphatic carbocycles. The maximum absolute atomic E-state index is 12.9. The molecule has 1 rings (SSSR count). The monoisotopic (exact) mass is 172 g/mol. The molecule has 0 fully saturated rings. The lowest BCUT2D eigenvalue weighted by atomic mass is 10.0. The number of rotatable bonds is 1. The van der Waals surface area contributed by atoms with Gasteiger partial charge in [0.05, 0.1) is 0 Å². The number of benzene rings is 1. The van der Waals surface area contributed by atoms with Crippen LogP contribution in [0.3, 0.4) is 0 Å². The molecule has 0 atom stereocenters. The summed E-state index contributed by atoms with van der Waals surface area (Å²) in [6, 6.07) is 0.698. The Kier molecular flexibility index (Phi) is 2.31. The number of phenols is 1. The van der Waals surface area contributed by atoms with Crippen molar-refractivity contribution in [3.05, 3.63) is 28.8 Å². The summed E-state index contributed by atoms with van der Waals surface area (Å²) in [5.41, 5.74) is 0.656. The molecule has 66 valence electrons. The molecule has 0 saturated heterocycles. The predicted molar refractivity (Wildman–Crippen MR) is 42.1 cm³/mol. The van der Waals surface area contributed by atoms with Crippen molar-refractivity contribution in [3.63, 3.8) is 0 Å². The van der Waals surface area contributed by atoms with Crippen molar-refractivity contribution >= 4 is 0 Å². The summed E-state index contributed by atoms with van der Waals surface area (Å²) in [4.78, 5) is 0. The van der Waals surface area contributed by atoms with Crippen LogP contribution in [-0.4, -0.2) is 5.11 Å². The number of hydrogen-bond donors (Lipinski definition) is 1. The van der Waals surface area contributed by atoms with Gasteiger partial charge < -0.3 is 5.11 Å². The number of aromatic hydroxyl groups is 1. The average molecular weight is 172 g/mol. The first kappa shape index (κ1) is 8.97. The van der Waals surface area contributed by atoms with Crippen LogP contribution in [0.2, 0.25) is 0 Å². The molecule has 3 heteroatoms. The van der Waals surface area contributed by atoms with Gasteiger partial charge in [-0.3, -0.25) is 0 Å². The molecule has 0 saturated carbocycles. The fourth-order valence-corrected chi connectivity index (χ4v) is 1.19. The Balaban J connectivity index is 3.42. The standard InChI is InChI=1S/C9H10F2O/c1-3-6-5(2)7(10)4-8(11)9(6)12/h4,12H,3H2,1-2H3. The molecule has 0 heterocycles. The zero-order valence-corrected chi connectivity index (χ0v) is 6.99. The van der Waals surface area contributed by atoms with E-state index >= 15 is 0 Å². The van der Waals surface area contributed by atoms with E-state index in [0.29, 0.717) is 23.6 Å². The SMILES string of the molecule is CCc1c(C)c(F)cc(F)c1O. The van der Waals surface area contributed by atoms with Gasteiger partial charge in [-0.05, 0) is 18.9 Å². The van der Waals surface area contributed by atoms with Crippen LogP contribution in [0.1, 0.15) is 18.1 Å². The molecule has 1 aromatic rings. The Labute approximate surface area is 69.7 Å². The fraction of sp³-hybridized carbons (Fsp3) is 0.333. The lowest BCUT2D eigenvalue weighted by Crippen LogP contribution is -1.94. The van der Waals surface area contributed by atoms with E-state index in [-0.39, 0.29) is 0 Å². The van der Waals surface area contributed by atoms with E-state index in [1.807, 2.05) is 0 Å². The molecule has 0 spiro atoms. The van der Waals surface area contributed by atoms with Crippen LogP contribution in [0.5, 0.6) is 5.75 Å². The van der Waals surface area contributed by atoms with Crippen molar-refractivity contribution in [2.75, 3.05) is 0 Å². The highest BCUT2D eigenvalue weighted by Gasteiger charge is 2.12. The Morgan fingerprint density at radius 1 is 1.33 bits per heavy atom. The van der Waals surface area contributed by atoms with Crippen LogP contribution in [0, 0.1) is 18.6 Å². The van der Waals surface area contributed by atoms with Gasteiger partial charge in [-0.1, -0.05) is 6.92 Å². The summed E-state index contributed by atoms with van der Waals surface area (Å²) in [6.07, 6.45) is 0.423. The highest BCUT2D eigenvalue weighted by Crippen LogP contribution is 2.26. The molecule has 0 radical (unpaired) electrons. The maximum Gasteiger partial charge on any atom is 0.168 e. The summed E-state index contributed by atoms with van der Waals surface area (Å²) in [7, 11) is 0. The van der Waals surface area contributed by atoms with Crippen molar-refractivity contribution in [1.82, 2.24) is 0 Å². The van der Waals surface area contributed by atoms with Crippen molar-refractivity contribution in [2.24, 2.45) is 0 Å². The third-order valence-electron chi connectivity index (χ3n) is 1.93. The predicted octanol–water partition coefficient (Wildman–Crippen LogP) is 2.54. The molecule has 0 unspecified atom stereocenters. The van der Waals surface area contributed by atoms with Gasteiger partial charge in [0.1, 0.15) is 5.82 Å². The van der Waals surface area contributed by atoms with Gasteiger partial charge in [-0.2, -0.15) is 0 Å². The van der Waals surface area contributed by atoms with Crippen LogP contribution in [0.25, 0.3) is 0 Å². The molecule has 0 aliphatic heterocycles. The van der Waals surface area contributed by atoms with Gasteiger partial charge in [0.25, 0.3) is 0 Å². The molecule has 1 aromatic carbocycles. The molecule has 0 bridgehead atoms. The van der Waals surface area contributed by atoms with E-state index in [2.05, 4.69) is 0 Å². The molecule has 12 heavy (non-hydrogen) atoms. The van der Waals surface area contributed by atoms with Crippen molar-refractivity contribution in [3.8, 4) is 5.75 Å². The number of hydrogen-bond acceptors (Lipinski definition) is 1. The van der Waals surface area contributed by atoms with Crippen LogP contribution in [0.15, 0.2) is 6.07 Å². The highest BCUT2D eigenvalue weighted by molar-refractivity contribution is 5.40. The second-order valence-corrected chi connectivity index (χ2v) is 2.65. The molecule has 0 aromatic heterocycles. The Morgan fingerprint density at radius 3 is 2.42 bits per heavy atom. The van der Waals surface area contributed by atoms with Gasteiger partial charge in [0.2, 0.25) is 0 Å². The van der Waals surface area contributed by atoms with Gasteiger partial charge >= 0.3 is 0 Å². The summed E-state index contributed by atoms with van der Waals surface area (Å²) in [5.74, 6) is -1.94. The quantitative estimate of drug-likeness (QED) is 0.690. The molecular formula is C9H10F2O. The molecular weight excluding hydrogens is 162 g/mol. The van der Waals surface area contributed by atoms with Crippen molar-refractivity contribution in [1.29, 1.82) is 0 Å². The van der Waals surface area contributed by atoms with E-state index in [1.54, 1.807) is 6.92 Å². The smallest absolute Gasteiger partial charge is 0.168 e. The Hall–Kier alpha value is -1.12. The zero-order chi connectivity index (χ0) is 9.30. The summed E-state index contributed by atoms with van der Waals surface area (Å²) < 4.78 is 25.6. The van der Waals surface area contributed by atoms with Crippen molar-refractivity contribution < 1.29 is 13.9 Å². The topological polar surface area (TPSA) is 20.2 Å². The Morgan fingerprint density at radius 2 is 1.92 bits per heavy atom. The van der Waals surface area contributed by atoms with Gasteiger partial charge in [0.15, 0.2) is 11.6 Å². The first-order valence-electron chi connectivity index (χ1n) is 3.74. The van der Waals surface area contributed by atoms with E-state index in [0.717, 1.165) is 0 Å². The van der Waals surface area contributed by atoms with Gasteiger partial charge in [0, 0.05) is 11.6 Å².